The fraction of sp³-hybridized carbons (Fsp3) is 0.300. The highest BCUT2D eigenvalue weighted by Crippen LogP contribution is 2.21. The number of sulfonamides is 1. The molecule has 0 aliphatic rings. The van der Waals surface area contributed by atoms with Crippen molar-refractivity contribution in [3.8, 4) is 11.8 Å². The first kappa shape index (κ1) is 12.3. The van der Waals surface area contributed by atoms with Crippen LogP contribution in [-0.2, 0) is 10.0 Å². The molecule has 0 fully saturated rings. The van der Waals surface area contributed by atoms with Crippen molar-refractivity contribution < 1.29 is 13.5 Å². The van der Waals surface area contributed by atoms with Gasteiger partial charge in [0.25, 0.3) is 10.0 Å². The zero-order valence-electron chi connectivity index (χ0n) is 8.95. The van der Waals surface area contributed by atoms with Crippen LogP contribution in [0.25, 0.3) is 0 Å². The SMILES string of the molecule is CC(C#N)S(=O)(=O)N(C)c1ccc(O)cc1. The van der Waals surface area contributed by atoms with Gasteiger partial charge in [0.15, 0.2) is 5.25 Å². The van der Waals surface area contributed by atoms with Crippen molar-refractivity contribution >= 4 is 15.7 Å². The highest BCUT2D eigenvalue weighted by molar-refractivity contribution is 7.93. The van der Waals surface area contributed by atoms with Gasteiger partial charge in [-0.15, -0.1) is 0 Å². The van der Waals surface area contributed by atoms with Gasteiger partial charge in [0.1, 0.15) is 5.75 Å². The van der Waals surface area contributed by atoms with Gasteiger partial charge in [-0.1, -0.05) is 0 Å². The van der Waals surface area contributed by atoms with E-state index in [9.17, 15) is 8.42 Å². The Hall–Kier alpha value is -1.74. The van der Waals surface area contributed by atoms with Crippen molar-refractivity contribution in [2.75, 3.05) is 11.4 Å². The maximum atomic E-state index is 11.8. The first-order chi connectivity index (χ1) is 7.39. The van der Waals surface area contributed by atoms with Crippen LogP contribution in [0.4, 0.5) is 5.69 Å². The minimum Gasteiger partial charge on any atom is -0.508 e. The number of phenols is 1. The maximum absolute atomic E-state index is 11.8. The van der Waals surface area contributed by atoms with Crippen LogP contribution in [0.2, 0.25) is 0 Å². The monoisotopic (exact) mass is 240 g/mol. The van der Waals surface area contributed by atoms with Gasteiger partial charge < -0.3 is 5.11 Å². The van der Waals surface area contributed by atoms with Crippen LogP contribution in [0, 0.1) is 11.3 Å². The maximum Gasteiger partial charge on any atom is 0.251 e. The number of anilines is 1. The van der Waals surface area contributed by atoms with Gasteiger partial charge in [-0.25, -0.2) is 8.42 Å². The van der Waals surface area contributed by atoms with E-state index < -0.39 is 15.3 Å². The van der Waals surface area contributed by atoms with E-state index in [1.54, 1.807) is 6.07 Å². The van der Waals surface area contributed by atoms with Gasteiger partial charge in [0.05, 0.1) is 11.8 Å². The standard InChI is InChI=1S/C10H12N2O3S/c1-8(7-11)16(14,15)12(2)9-3-5-10(13)6-4-9/h3-6,8,13H,1-2H3. The second kappa shape index (κ2) is 4.41. The Bertz CT molecular complexity index is 502. The van der Waals surface area contributed by atoms with Crippen LogP contribution in [0.15, 0.2) is 24.3 Å². The molecule has 0 heterocycles. The Kier molecular flexibility index (Phi) is 3.40. The molecule has 1 N–H and O–H groups in total. The van der Waals surface area contributed by atoms with Crippen LogP contribution < -0.4 is 4.31 Å². The van der Waals surface area contributed by atoms with Crippen molar-refractivity contribution in [3.63, 3.8) is 0 Å². The summed E-state index contributed by atoms with van der Waals surface area (Å²) in [6, 6.07) is 7.40. The Morgan fingerprint density at radius 3 is 2.31 bits per heavy atom. The second-order valence-corrected chi connectivity index (χ2v) is 5.58. The van der Waals surface area contributed by atoms with Gasteiger partial charge in [0.2, 0.25) is 0 Å². The summed E-state index contributed by atoms with van der Waals surface area (Å²) < 4.78 is 24.6. The Labute approximate surface area is 94.6 Å². The summed E-state index contributed by atoms with van der Waals surface area (Å²) in [6.45, 7) is 1.33. The molecule has 0 amide bonds. The van der Waals surface area contributed by atoms with Crippen molar-refractivity contribution in [2.24, 2.45) is 0 Å². The van der Waals surface area contributed by atoms with E-state index in [1.807, 2.05) is 0 Å². The Balaban J connectivity index is 3.08. The fourth-order valence-corrected chi connectivity index (χ4v) is 2.14. The summed E-state index contributed by atoms with van der Waals surface area (Å²) in [4.78, 5) is 0. The van der Waals surface area contributed by atoms with E-state index in [2.05, 4.69) is 0 Å². The summed E-state index contributed by atoms with van der Waals surface area (Å²) >= 11 is 0. The van der Waals surface area contributed by atoms with Gasteiger partial charge >= 0.3 is 0 Å². The molecule has 1 rings (SSSR count). The third-order valence-electron chi connectivity index (χ3n) is 2.22. The van der Waals surface area contributed by atoms with Crippen molar-refractivity contribution in [3.05, 3.63) is 24.3 Å². The summed E-state index contributed by atoms with van der Waals surface area (Å²) in [5.74, 6) is 0.0582. The van der Waals surface area contributed by atoms with Gasteiger partial charge in [-0.2, -0.15) is 5.26 Å². The average Bonchev–Trinajstić information content (AvgIpc) is 2.28. The average molecular weight is 240 g/mol. The lowest BCUT2D eigenvalue weighted by molar-refractivity contribution is 0.475. The predicted octanol–water partition coefficient (Wildman–Crippen LogP) is 1.07. The van der Waals surface area contributed by atoms with Crippen LogP contribution >= 0.6 is 0 Å². The molecule has 0 bridgehead atoms. The summed E-state index contributed by atoms with van der Waals surface area (Å²) in [5, 5.41) is 16.6. The highest BCUT2D eigenvalue weighted by Gasteiger charge is 2.25. The number of aromatic hydroxyl groups is 1. The van der Waals surface area contributed by atoms with E-state index >= 15 is 0 Å². The second-order valence-electron chi connectivity index (χ2n) is 3.30. The third kappa shape index (κ3) is 2.25. The fourth-order valence-electron chi connectivity index (χ4n) is 1.11. The van der Waals surface area contributed by atoms with E-state index in [0.29, 0.717) is 5.69 Å². The minimum atomic E-state index is -3.66. The lowest BCUT2D eigenvalue weighted by Crippen LogP contribution is -2.33. The number of nitrogens with zero attached hydrogens (tertiary/aromatic N) is 2. The molecule has 0 saturated carbocycles. The molecule has 1 atom stereocenters. The molecule has 16 heavy (non-hydrogen) atoms. The molecule has 0 aliphatic heterocycles. The molecule has 0 spiro atoms. The van der Waals surface area contributed by atoms with E-state index in [1.165, 1.54) is 38.2 Å². The number of hydrogen-bond donors (Lipinski definition) is 1. The van der Waals surface area contributed by atoms with Crippen LogP contribution in [-0.4, -0.2) is 25.8 Å². The molecular formula is C10H12N2O3S. The van der Waals surface area contributed by atoms with E-state index in [-0.39, 0.29) is 5.75 Å². The van der Waals surface area contributed by atoms with Crippen LogP contribution in [0.5, 0.6) is 5.75 Å². The molecule has 6 heteroatoms. The molecule has 1 unspecified atom stereocenters. The number of nitriles is 1. The summed E-state index contributed by atoms with van der Waals surface area (Å²) in [5.41, 5.74) is 0.403. The summed E-state index contributed by atoms with van der Waals surface area (Å²) in [7, 11) is -2.29. The molecule has 1 aromatic carbocycles. The zero-order valence-corrected chi connectivity index (χ0v) is 9.77. The number of phenolic OH excluding ortho intramolecular Hbond substituents is 1. The van der Waals surface area contributed by atoms with Crippen molar-refractivity contribution in [1.29, 1.82) is 5.26 Å². The topological polar surface area (TPSA) is 81.4 Å². The van der Waals surface area contributed by atoms with Gasteiger partial charge in [0, 0.05) is 7.05 Å². The number of rotatable bonds is 3. The van der Waals surface area contributed by atoms with Gasteiger partial charge in [-0.05, 0) is 31.2 Å². The normalized spacial score (nSPS) is 12.8. The van der Waals surface area contributed by atoms with Crippen LogP contribution in [0.3, 0.4) is 0 Å². The van der Waals surface area contributed by atoms with E-state index in [0.717, 1.165) is 4.31 Å². The quantitative estimate of drug-likeness (QED) is 0.856. The Morgan fingerprint density at radius 1 is 1.38 bits per heavy atom. The zero-order chi connectivity index (χ0) is 12.3. The van der Waals surface area contributed by atoms with Gasteiger partial charge in [-0.3, -0.25) is 4.31 Å². The van der Waals surface area contributed by atoms with Crippen molar-refractivity contribution in [1.82, 2.24) is 0 Å². The molecule has 1 aromatic rings. The largest absolute Gasteiger partial charge is 0.508 e. The summed E-state index contributed by atoms with van der Waals surface area (Å²) in [6.07, 6.45) is 0. The molecule has 0 saturated heterocycles. The minimum absolute atomic E-state index is 0.0582. The smallest absolute Gasteiger partial charge is 0.251 e. The Morgan fingerprint density at radius 2 is 1.88 bits per heavy atom. The molecule has 0 aliphatic carbocycles. The van der Waals surface area contributed by atoms with Crippen LogP contribution in [0.1, 0.15) is 6.92 Å². The number of hydrogen-bond acceptors (Lipinski definition) is 4. The molecule has 5 nitrogen and oxygen atoms in total. The molecule has 0 aromatic heterocycles. The predicted molar refractivity (Wildman–Crippen MR) is 60.5 cm³/mol. The first-order valence-electron chi connectivity index (χ1n) is 4.56. The third-order valence-corrected chi connectivity index (χ3v) is 4.20. The van der Waals surface area contributed by atoms with Crippen molar-refractivity contribution in [2.45, 2.75) is 12.2 Å². The molecule has 0 radical (unpaired) electrons. The molecule has 86 valence electrons. The number of benzene rings is 1. The lowest BCUT2D eigenvalue weighted by Gasteiger charge is -2.20. The highest BCUT2D eigenvalue weighted by atomic mass is 32.2. The molecular weight excluding hydrogens is 228 g/mol. The lowest BCUT2D eigenvalue weighted by atomic mass is 10.3. The van der Waals surface area contributed by atoms with E-state index in [4.69, 9.17) is 10.4 Å². The first-order valence-corrected chi connectivity index (χ1v) is 6.06.